The summed E-state index contributed by atoms with van der Waals surface area (Å²) in [5, 5.41) is 3.04. The summed E-state index contributed by atoms with van der Waals surface area (Å²) in [5.74, 6) is 0.137. The van der Waals surface area contributed by atoms with Crippen molar-refractivity contribution in [1.82, 2.24) is 9.88 Å². The van der Waals surface area contributed by atoms with Crippen LogP contribution >= 0.6 is 0 Å². The molecule has 1 amide bonds. The molecule has 0 aliphatic heterocycles. The molecule has 0 saturated heterocycles. The summed E-state index contributed by atoms with van der Waals surface area (Å²) >= 11 is 0. The number of fused-ring (bicyclic) bond motifs is 1. The van der Waals surface area contributed by atoms with Gasteiger partial charge in [-0.1, -0.05) is 32.0 Å². The van der Waals surface area contributed by atoms with Gasteiger partial charge in [0.15, 0.2) is 0 Å². The van der Waals surface area contributed by atoms with Crippen LogP contribution in [0.4, 0.5) is 4.39 Å². The van der Waals surface area contributed by atoms with Gasteiger partial charge in [0.25, 0.3) is 5.91 Å². The molecule has 4 heteroatoms. The minimum atomic E-state index is -0.216. The Kier molecular flexibility index (Phi) is 5.26. The molecular weight excluding hydrogens is 315 g/mol. The number of halogens is 1. The first-order valence-corrected chi connectivity index (χ1v) is 9.21. The molecule has 0 unspecified atom stereocenters. The second kappa shape index (κ2) is 7.42. The normalized spacial score (nSPS) is 13.8. The smallest absolute Gasteiger partial charge is 0.268 e. The van der Waals surface area contributed by atoms with E-state index in [-0.39, 0.29) is 11.7 Å². The van der Waals surface area contributed by atoms with Crippen molar-refractivity contribution in [3.8, 4) is 0 Å². The van der Waals surface area contributed by atoms with E-state index in [2.05, 4.69) is 23.7 Å². The van der Waals surface area contributed by atoms with Crippen LogP contribution in [0.2, 0.25) is 0 Å². The monoisotopic (exact) mass is 342 g/mol. The van der Waals surface area contributed by atoms with E-state index in [9.17, 15) is 9.18 Å². The molecule has 2 aromatic rings. The van der Waals surface area contributed by atoms with Crippen molar-refractivity contribution >= 4 is 5.91 Å². The van der Waals surface area contributed by atoms with Crippen molar-refractivity contribution in [1.29, 1.82) is 0 Å². The Morgan fingerprint density at radius 2 is 1.96 bits per heavy atom. The lowest BCUT2D eigenvalue weighted by Crippen LogP contribution is -2.30. The van der Waals surface area contributed by atoms with Crippen molar-refractivity contribution in [2.24, 2.45) is 5.92 Å². The van der Waals surface area contributed by atoms with Crippen molar-refractivity contribution in [3.63, 3.8) is 0 Å². The molecule has 0 saturated carbocycles. The van der Waals surface area contributed by atoms with Gasteiger partial charge in [-0.05, 0) is 55.7 Å². The molecule has 3 rings (SSSR count). The van der Waals surface area contributed by atoms with E-state index in [0.29, 0.717) is 30.3 Å². The zero-order valence-corrected chi connectivity index (χ0v) is 15.4. The summed E-state index contributed by atoms with van der Waals surface area (Å²) in [6.45, 7) is 7.25. The highest BCUT2D eigenvalue weighted by molar-refractivity contribution is 5.95. The molecule has 0 radical (unpaired) electrons. The second-order valence-electron chi connectivity index (χ2n) is 7.39. The molecule has 1 aromatic heterocycles. The van der Waals surface area contributed by atoms with Crippen LogP contribution in [0.15, 0.2) is 24.3 Å². The third-order valence-electron chi connectivity index (χ3n) is 5.01. The lowest BCUT2D eigenvalue weighted by atomic mass is 9.95. The standard InChI is InChI=1S/C21H27FN2O/c1-14(2)12-23-21(25)20-15(3)17-9-5-7-11-19(17)24(20)13-16-8-4-6-10-18(16)22/h4,6,8,10,14H,5,7,9,11-13H2,1-3H3,(H,23,25). The maximum atomic E-state index is 14.2. The van der Waals surface area contributed by atoms with Gasteiger partial charge < -0.3 is 9.88 Å². The van der Waals surface area contributed by atoms with Crippen LogP contribution in [0, 0.1) is 18.7 Å². The Bertz CT molecular complexity index is 776. The van der Waals surface area contributed by atoms with Crippen molar-refractivity contribution in [2.45, 2.75) is 53.0 Å². The number of carbonyl (C=O) groups is 1. The largest absolute Gasteiger partial charge is 0.350 e. The fourth-order valence-corrected chi connectivity index (χ4v) is 3.72. The fraction of sp³-hybridized carbons (Fsp3) is 0.476. The van der Waals surface area contributed by atoms with Crippen molar-refractivity contribution in [3.05, 3.63) is 58.2 Å². The van der Waals surface area contributed by atoms with Crippen LogP contribution in [-0.4, -0.2) is 17.0 Å². The Morgan fingerprint density at radius 3 is 2.68 bits per heavy atom. The van der Waals surface area contributed by atoms with E-state index < -0.39 is 0 Å². The predicted molar refractivity (Wildman–Crippen MR) is 98.5 cm³/mol. The summed E-state index contributed by atoms with van der Waals surface area (Å²) < 4.78 is 16.2. The quantitative estimate of drug-likeness (QED) is 0.866. The van der Waals surface area contributed by atoms with Crippen LogP contribution < -0.4 is 5.32 Å². The first-order chi connectivity index (χ1) is 12.0. The average Bonchev–Trinajstić information content (AvgIpc) is 2.87. The Morgan fingerprint density at radius 1 is 1.24 bits per heavy atom. The van der Waals surface area contributed by atoms with Crippen molar-refractivity contribution in [2.75, 3.05) is 6.54 Å². The van der Waals surface area contributed by atoms with Gasteiger partial charge in [0.1, 0.15) is 11.5 Å². The lowest BCUT2D eigenvalue weighted by molar-refractivity contribution is 0.0939. The molecule has 0 bridgehead atoms. The minimum absolute atomic E-state index is 0.0445. The topological polar surface area (TPSA) is 34.0 Å². The van der Waals surface area contributed by atoms with Crippen LogP contribution in [0.1, 0.15) is 59.6 Å². The molecule has 1 aliphatic rings. The number of nitrogens with zero attached hydrogens (tertiary/aromatic N) is 1. The predicted octanol–water partition coefficient (Wildman–Crippen LogP) is 4.25. The van der Waals surface area contributed by atoms with Gasteiger partial charge in [-0.25, -0.2) is 4.39 Å². The van der Waals surface area contributed by atoms with E-state index in [1.54, 1.807) is 12.1 Å². The van der Waals surface area contributed by atoms with Crippen molar-refractivity contribution < 1.29 is 9.18 Å². The summed E-state index contributed by atoms with van der Waals surface area (Å²) in [7, 11) is 0. The number of benzene rings is 1. The number of hydrogen-bond donors (Lipinski definition) is 1. The van der Waals surface area contributed by atoms with Gasteiger partial charge in [-0.3, -0.25) is 4.79 Å². The highest BCUT2D eigenvalue weighted by Gasteiger charge is 2.26. The molecule has 134 valence electrons. The first kappa shape index (κ1) is 17.7. The van der Waals surface area contributed by atoms with E-state index in [1.807, 2.05) is 13.0 Å². The summed E-state index contributed by atoms with van der Waals surface area (Å²) in [4.78, 5) is 12.9. The second-order valence-corrected chi connectivity index (χ2v) is 7.39. The summed E-state index contributed by atoms with van der Waals surface area (Å²) in [6.07, 6.45) is 4.25. The van der Waals surface area contributed by atoms with Crippen LogP contribution in [0.3, 0.4) is 0 Å². The number of hydrogen-bond acceptors (Lipinski definition) is 1. The zero-order chi connectivity index (χ0) is 18.0. The van der Waals surface area contributed by atoms with Gasteiger partial charge in [0, 0.05) is 17.8 Å². The van der Waals surface area contributed by atoms with E-state index in [1.165, 1.54) is 17.3 Å². The number of rotatable bonds is 5. The molecular formula is C21H27FN2O. The SMILES string of the molecule is Cc1c2c(n(Cc3ccccc3F)c1C(=O)NCC(C)C)CCCC2. The molecule has 25 heavy (non-hydrogen) atoms. The number of aromatic nitrogens is 1. The zero-order valence-electron chi connectivity index (χ0n) is 15.4. The van der Waals surface area contributed by atoms with E-state index >= 15 is 0 Å². The maximum Gasteiger partial charge on any atom is 0.268 e. The van der Waals surface area contributed by atoms with Gasteiger partial charge in [-0.15, -0.1) is 0 Å². The minimum Gasteiger partial charge on any atom is -0.350 e. The molecule has 1 heterocycles. The molecule has 0 spiro atoms. The lowest BCUT2D eigenvalue weighted by Gasteiger charge is -2.17. The van der Waals surface area contributed by atoms with Crippen LogP contribution in [-0.2, 0) is 19.4 Å². The molecule has 3 nitrogen and oxygen atoms in total. The van der Waals surface area contributed by atoms with E-state index in [0.717, 1.165) is 31.2 Å². The molecule has 0 atom stereocenters. The van der Waals surface area contributed by atoms with Gasteiger partial charge in [-0.2, -0.15) is 0 Å². The molecule has 0 fully saturated rings. The highest BCUT2D eigenvalue weighted by Crippen LogP contribution is 2.30. The third-order valence-corrected chi connectivity index (χ3v) is 5.01. The molecule has 1 aliphatic carbocycles. The number of carbonyl (C=O) groups excluding carboxylic acids is 1. The Hall–Kier alpha value is -2.10. The third kappa shape index (κ3) is 3.63. The summed E-state index contributed by atoms with van der Waals surface area (Å²) in [6, 6.07) is 6.83. The molecule has 1 aromatic carbocycles. The van der Waals surface area contributed by atoms with Crippen LogP contribution in [0.25, 0.3) is 0 Å². The number of amides is 1. The van der Waals surface area contributed by atoms with Gasteiger partial charge in [0.05, 0.1) is 6.54 Å². The van der Waals surface area contributed by atoms with Gasteiger partial charge in [0.2, 0.25) is 0 Å². The average molecular weight is 342 g/mol. The Labute approximate surface area is 149 Å². The maximum absolute atomic E-state index is 14.2. The Balaban J connectivity index is 2.02. The van der Waals surface area contributed by atoms with Crippen LogP contribution in [0.5, 0.6) is 0 Å². The fourth-order valence-electron chi connectivity index (χ4n) is 3.72. The van der Waals surface area contributed by atoms with E-state index in [4.69, 9.17) is 0 Å². The van der Waals surface area contributed by atoms with Gasteiger partial charge >= 0.3 is 0 Å². The molecule has 1 N–H and O–H groups in total. The first-order valence-electron chi connectivity index (χ1n) is 9.21. The highest BCUT2D eigenvalue weighted by atomic mass is 19.1. The summed E-state index contributed by atoms with van der Waals surface area (Å²) in [5.41, 5.74) is 4.89. The number of nitrogens with one attached hydrogen (secondary N) is 1.